The van der Waals surface area contributed by atoms with Gasteiger partial charge in [-0.15, -0.1) is 11.3 Å². The highest BCUT2D eigenvalue weighted by atomic mass is 32.1. The lowest BCUT2D eigenvalue weighted by molar-refractivity contribution is -0.132. The summed E-state index contributed by atoms with van der Waals surface area (Å²) >= 11 is 1.86. The molecule has 1 aromatic heterocycles. The zero-order chi connectivity index (χ0) is 16.3. The molecule has 0 unspecified atom stereocenters. The molecule has 4 heteroatoms. The van der Waals surface area contributed by atoms with Crippen LogP contribution < -0.4 is 4.90 Å². The molecule has 21 heavy (non-hydrogen) atoms. The van der Waals surface area contributed by atoms with Crippen LogP contribution in [0.3, 0.4) is 0 Å². The van der Waals surface area contributed by atoms with E-state index in [0.717, 1.165) is 0 Å². The van der Waals surface area contributed by atoms with Crippen LogP contribution >= 0.6 is 11.3 Å². The summed E-state index contributed by atoms with van der Waals surface area (Å²) < 4.78 is 0. The lowest BCUT2D eigenvalue weighted by Crippen LogP contribution is -2.58. The van der Waals surface area contributed by atoms with Crippen LogP contribution in [0.1, 0.15) is 53.9 Å². The van der Waals surface area contributed by atoms with Gasteiger partial charge in [-0.25, -0.2) is 4.79 Å². The molecule has 0 aliphatic carbocycles. The number of carbonyl (C=O) groups is 1. The third kappa shape index (κ3) is 4.60. The van der Waals surface area contributed by atoms with Crippen LogP contribution in [-0.4, -0.2) is 22.2 Å². The molecule has 0 bridgehead atoms. The molecule has 1 aromatic rings. The summed E-state index contributed by atoms with van der Waals surface area (Å²) in [7, 11) is 0. The predicted molar refractivity (Wildman–Crippen MR) is 91.3 cm³/mol. The van der Waals surface area contributed by atoms with Crippen LogP contribution in [0.5, 0.6) is 0 Å². The molecule has 1 saturated heterocycles. The molecule has 2 heterocycles. The standard InChI is InChI=1S/C13H21NS.C4H6O2/c1-12(2)8-6-9-13(3,4)14(12)11-7-5-10-15-11;1-3(2)4(5)6/h5,7,10H,6,8-9H2,1-4H3;1H2,2H3,(H,5,6). The maximum absolute atomic E-state index is 9.60. The van der Waals surface area contributed by atoms with E-state index in [2.05, 4.69) is 56.7 Å². The largest absolute Gasteiger partial charge is 0.478 e. The molecule has 0 aromatic carbocycles. The number of carboxylic acids is 1. The first-order valence-electron chi connectivity index (χ1n) is 7.30. The molecule has 0 amide bonds. The molecule has 0 spiro atoms. The molecule has 0 saturated carbocycles. The molecular formula is C17H27NO2S. The van der Waals surface area contributed by atoms with Crippen molar-refractivity contribution in [3.63, 3.8) is 0 Å². The molecule has 1 aliphatic rings. The van der Waals surface area contributed by atoms with Crippen LogP contribution in [0.25, 0.3) is 0 Å². The summed E-state index contributed by atoms with van der Waals surface area (Å²) in [4.78, 5) is 12.2. The number of thiophene rings is 1. The SMILES string of the molecule is C=C(C)C(=O)O.CC1(C)CCCC(C)(C)N1c1cccs1. The fourth-order valence-electron chi connectivity index (χ4n) is 2.99. The second-order valence-electron chi connectivity index (χ2n) is 6.85. The van der Waals surface area contributed by atoms with Crippen molar-refractivity contribution in [2.45, 2.75) is 65.0 Å². The van der Waals surface area contributed by atoms with E-state index >= 15 is 0 Å². The Bertz CT molecular complexity index is 461. The van der Waals surface area contributed by atoms with Gasteiger partial charge >= 0.3 is 5.97 Å². The minimum atomic E-state index is -0.935. The van der Waals surface area contributed by atoms with Crippen molar-refractivity contribution in [3.05, 3.63) is 29.7 Å². The molecular weight excluding hydrogens is 282 g/mol. The molecule has 0 atom stereocenters. The van der Waals surface area contributed by atoms with Gasteiger partial charge in [-0.1, -0.05) is 6.58 Å². The van der Waals surface area contributed by atoms with E-state index in [1.54, 1.807) is 0 Å². The third-order valence-electron chi connectivity index (χ3n) is 3.88. The number of hydrogen-bond donors (Lipinski definition) is 1. The van der Waals surface area contributed by atoms with Crippen molar-refractivity contribution in [1.29, 1.82) is 0 Å². The van der Waals surface area contributed by atoms with Gasteiger partial charge in [0.25, 0.3) is 0 Å². The monoisotopic (exact) mass is 309 g/mol. The fraction of sp³-hybridized carbons (Fsp3) is 0.588. The first-order valence-corrected chi connectivity index (χ1v) is 8.18. The van der Waals surface area contributed by atoms with E-state index in [0.29, 0.717) is 11.1 Å². The van der Waals surface area contributed by atoms with Crippen molar-refractivity contribution >= 4 is 22.3 Å². The first-order chi connectivity index (χ1) is 9.58. The summed E-state index contributed by atoms with van der Waals surface area (Å²) in [6, 6.07) is 4.40. The van der Waals surface area contributed by atoms with Crippen LogP contribution in [-0.2, 0) is 4.79 Å². The van der Waals surface area contributed by atoms with Crippen molar-refractivity contribution in [1.82, 2.24) is 0 Å². The van der Waals surface area contributed by atoms with E-state index in [1.807, 2.05) is 11.3 Å². The fourth-order valence-corrected chi connectivity index (χ4v) is 4.04. The maximum Gasteiger partial charge on any atom is 0.330 e. The Kier molecular flexibility index (Phi) is 5.62. The summed E-state index contributed by atoms with van der Waals surface area (Å²) in [5, 5.41) is 11.5. The molecule has 118 valence electrons. The van der Waals surface area contributed by atoms with Crippen molar-refractivity contribution in [2.24, 2.45) is 0 Å². The van der Waals surface area contributed by atoms with Gasteiger partial charge in [0.05, 0.1) is 5.00 Å². The second-order valence-corrected chi connectivity index (χ2v) is 7.78. The molecule has 1 N–H and O–H groups in total. The smallest absolute Gasteiger partial charge is 0.330 e. The van der Waals surface area contributed by atoms with Crippen LogP contribution in [0.2, 0.25) is 0 Å². The quantitative estimate of drug-likeness (QED) is 0.786. The van der Waals surface area contributed by atoms with Gasteiger partial charge < -0.3 is 10.0 Å². The van der Waals surface area contributed by atoms with Gasteiger partial charge in [-0.05, 0) is 71.4 Å². The number of hydrogen-bond acceptors (Lipinski definition) is 3. The highest BCUT2D eigenvalue weighted by Gasteiger charge is 2.41. The Morgan fingerprint density at radius 1 is 1.29 bits per heavy atom. The number of rotatable bonds is 2. The summed E-state index contributed by atoms with van der Waals surface area (Å²) in [5.41, 5.74) is 0.772. The van der Waals surface area contributed by atoms with E-state index in [4.69, 9.17) is 5.11 Å². The zero-order valence-corrected chi connectivity index (χ0v) is 14.6. The van der Waals surface area contributed by atoms with Crippen LogP contribution in [0.4, 0.5) is 5.00 Å². The lowest BCUT2D eigenvalue weighted by Gasteiger charge is -2.53. The molecule has 2 rings (SSSR count). The van der Waals surface area contributed by atoms with Crippen molar-refractivity contribution in [2.75, 3.05) is 4.90 Å². The van der Waals surface area contributed by atoms with Crippen LogP contribution in [0.15, 0.2) is 29.7 Å². The van der Waals surface area contributed by atoms with Gasteiger partial charge in [-0.3, -0.25) is 0 Å². The van der Waals surface area contributed by atoms with E-state index in [-0.39, 0.29) is 5.57 Å². The summed E-state index contributed by atoms with van der Waals surface area (Å²) in [5.74, 6) is -0.935. The number of aliphatic carboxylic acids is 1. The average molecular weight is 309 g/mol. The maximum atomic E-state index is 9.60. The Morgan fingerprint density at radius 2 is 1.76 bits per heavy atom. The van der Waals surface area contributed by atoms with Gasteiger partial charge in [0.1, 0.15) is 0 Å². The van der Waals surface area contributed by atoms with Gasteiger partial charge in [0.15, 0.2) is 0 Å². The van der Waals surface area contributed by atoms with E-state index in [9.17, 15) is 4.79 Å². The summed E-state index contributed by atoms with van der Waals surface area (Å²) in [6.07, 6.45) is 3.95. The summed E-state index contributed by atoms with van der Waals surface area (Å²) in [6.45, 7) is 14.1. The molecule has 0 radical (unpaired) electrons. The minimum Gasteiger partial charge on any atom is -0.478 e. The normalized spacial score (nSPS) is 19.4. The van der Waals surface area contributed by atoms with Crippen molar-refractivity contribution in [3.8, 4) is 0 Å². The van der Waals surface area contributed by atoms with Crippen LogP contribution in [0, 0.1) is 0 Å². The number of carboxylic acid groups (broad SMARTS) is 1. The Hall–Kier alpha value is -1.29. The van der Waals surface area contributed by atoms with E-state index in [1.165, 1.54) is 31.2 Å². The first kappa shape index (κ1) is 17.8. The lowest BCUT2D eigenvalue weighted by atomic mass is 9.80. The topological polar surface area (TPSA) is 40.5 Å². The Balaban J connectivity index is 0.000000315. The minimum absolute atomic E-state index is 0.176. The third-order valence-corrected chi connectivity index (χ3v) is 4.73. The predicted octanol–water partition coefficient (Wildman–Crippen LogP) is 4.94. The Morgan fingerprint density at radius 3 is 2.10 bits per heavy atom. The van der Waals surface area contributed by atoms with Crippen molar-refractivity contribution < 1.29 is 9.90 Å². The van der Waals surface area contributed by atoms with Gasteiger partial charge in [0, 0.05) is 16.7 Å². The van der Waals surface area contributed by atoms with Gasteiger partial charge in [-0.2, -0.15) is 0 Å². The average Bonchev–Trinajstić information content (AvgIpc) is 2.80. The van der Waals surface area contributed by atoms with Gasteiger partial charge in [0.2, 0.25) is 0 Å². The number of anilines is 1. The molecule has 3 nitrogen and oxygen atoms in total. The van der Waals surface area contributed by atoms with E-state index < -0.39 is 5.97 Å². The number of piperidine rings is 1. The second kappa shape index (κ2) is 6.65. The molecule has 1 aliphatic heterocycles. The Labute approximate surface area is 132 Å². The number of nitrogens with zero attached hydrogens (tertiary/aromatic N) is 1. The molecule has 1 fully saturated rings. The highest BCUT2D eigenvalue weighted by molar-refractivity contribution is 7.14. The highest BCUT2D eigenvalue weighted by Crippen LogP contribution is 2.43. The zero-order valence-electron chi connectivity index (χ0n) is 13.8.